The van der Waals surface area contributed by atoms with Gasteiger partial charge in [0.2, 0.25) is 0 Å². The largest absolute Gasteiger partial charge is 0.395 e. The van der Waals surface area contributed by atoms with Crippen LogP contribution in [0.4, 0.5) is 0 Å². The quantitative estimate of drug-likeness (QED) is 0.780. The van der Waals surface area contributed by atoms with Crippen LogP contribution in [0.15, 0.2) is 18.3 Å². The molecular formula is C16H22N2O2. The van der Waals surface area contributed by atoms with Gasteiger partial charge in [-0.05, 0) is 18.1 Å². The van der Waals surface area contributed by atoms with Gasteiger partial charge in [0.15, 0.2) is 0 Å². The molecule has 0 spiro atoms. The van der Waals surface area contributed by atoms with Crippen LogP contribution in [0.1, 0.15) is 49.2 Å². The summed E-state index contributed by atoms with van der Waals surface area (Å²) in [5, 5.41) is 11.6. The second kappa shape index (κ2) is 9.11. The molecule has 0 saturated carbocycles. The van der Waals surface area contributed by atoms with Crippen molar-refractivity contribution in [2.75, 3.05) is 13.2 Å². The molecule has 0 saturated heterocycles. The summed E-state index contributed by atoms with van der Waals surface area (Å²) in [5.41, 5.74) is 0.951. The fraction of sp³-hybridized carbons (Fsp3) is 0.500. The highest BCUT2D eigenvalue weighted by Gasteiger charge is 2.12. The summed E-state index contributed by atoms with van der Waals surface area (Å²) in [4.78, 5) is 16.3. The summed E-state index contributed by atoms with van der Waals surface area (Å²) in [6, 6.07) is 3.52. The van der Waals surface area contributed by atoms with Crippen LogP contribution >= 0.6 is 0 Å². The predicted octanol–water partition coefficient (Wildman–Crippen LogP) is 1.98. The van der Waals surface area contributed by atoms with Gasteiger partial charge in [-0.25, -0.2) is 4.98 Å². The first kappa shape index (κ1) is 16.2. The molecule has 0 atom stereocenters. The first-order valence-electron chi connectivity index (χ1n) is 7.05. The van der Waals surface area contributed by atoms with Crippen molar-refractivity contribution in [2.45, 2.75) is 33.1 Å². The number of carbonyl (C=O) groups is 1. The summed E-state index contributed by atoms with van der Waals surface area (Å²) in [6.07, 6.45) is 4.07. The smallest absolute Gasteiger partial charge is 0.271 e. The van der Waals surface area contributed by atoms with Crippen LogP contribution in [0, 0.1) is 17.8 Å². The highest BCUT2D eigenvalue weighted by Crippen LogP contribution is 2.07. The Morgan fingerprint density at radius 3 is 2.85 bits per heavy atom. The minimum Gasteiger partial charge on any atom is -0.395 e. The lowest BCUT2D eigenvalue weighted by molar-refractivity contribution is 0.0941. The minimum atomic E-state index is -0.189. The molecule has 108 valence electrons. The van der Waals surface area contributed by atoms with Crippen molar-refractivity contribution in [1.82, 2.24) is 10.3 Å². The molecule has 0 fully saturated rings. The lowest BCUT2D eigenvalue weighted by atomic mass is 10.0. The number of pyridine rings is 1. The van der Waals surface area contributed by atoms with Crippen LogP contribution in [0.2, 0.25) is 0 Å². The summed E-state index contributed by atoms with van der Waals surface area (Å²) in [6.45, 7) is 4.91. The maximum Gasteiger partial charge on any atom is 0.271 e. The van der Waals surface area contributed by atoms with Gasteiger partial charge in [0.05, 0.1) is 12.2 Å². The van der Waals surface area contributed by atoms with Crippen molar-refractivity contribution in [3.05, 3.63) is 29.6 Å². The van der Waals surface area contributed by atoms with Crippen LogP contribution in [0.25, 0.3) is 0 Å². The van der Waals surface area contributed by atoms with E-state index in [9.17, 15) is 4.79 Å². The predicted molar refractivity (Wildman–Crippen MR) is 79.2 cm³/mol. The van der Waals surface area contributed by atoms with Crippen LogP contribution in [-0.2, 0) is 0 Å². The fourth-order valence-electron chi connectivity index (χ4n) is 1.80. The van der Waals surface area contributed by atoms with Gasteiger partial charge in [-0.3, -0.25) is 4.79 Å². The molecule has 0 aliphatic rings. The number of nitrogens with one attached hydrogen (secondary N) is 1. The lowest BCUT2D eigenvalue weighted by Gasteiger charge is -2.13. The number of aliphatic hydroxyl groups is 1. The van der Waals surface area contributed by atoms with E-state index in [1.807, 2.05) is 0 Å². The third-order valence-corrected chi connectivity index (χ3v) is 3.19. The third-order valence-electron chi connectivity index (χ3n) is 3.19. The molecule has 1 rings (SSSR count). The number of nitrogens with zero attached hydrogens (tertiary/aromatic N) is 1. The van der Waals surface area contributed by atoms with Crippen LogP contribution in [-0.4, -0.2) is 29.1 Å². The SMILES string of the molecule is CCC(CC)CNC(=O)c1ncccc1C#CCCO. The number of hydrogen-bond acceptors (Lipinski definition) is 3. The topological polar surface area (TPSA) is 62.2 Å². The molecule has 0 aromatic carbocycles. The molecule has 0 aliphatic carbocycles. The monoisotopic (exact) mass is 274 g/mol. The average Bonchev–Trinajstić information content (AvgIpc) is 2.49. The molecule has 0 radical (unpaired) electrons. The lowest BCUT2D eigenvalue weighted by Crippen LogP contribution is -2.30. The van der Waals surface area contributed by atoms with E-state index in [2.05, 4.69) is 36.0 Å². The molecule has 1 aromatic rings. The van der Waals surface area contributed by atoms with E-state index in [-0.39, 0.29) is 12.5 Å². The summed E-state index contributed by atoms with van der Waals surface area (Å²) in [7, 11) is 0. The molecule has 4 heteroatoms. The fourth-order valence-corrected chi connectivity index (χ4v) is 1.80. The number of carbonyl (C=O) groups excluding carboxylic acids is 1. The van der Waals surface area contributed by atoms with Crippen LogP contribution in [0.5, 0.6) is 0 Å². The summed E-state index contributed by atoms with van der Waals surface area (Å²) < 4.78 is 0. The van der Waals surface area contributed by atoms with Gasteiger partial charge in [-0.15, -0.1) is 0 Å². The Morgan fingerprint density at radius 1 is 1.45 bits per heavy atom. The van der Waals surface area contributed by atoms with Gasteiger partial charge in [0.1, 0.15) is 5.69 Å². The number of hydrogen-bond donors (Lipinski definition) is 2. The molecule has 0 aliphatic heterocycles. The van der Waals surface area contributed by atoms with E-state index in [4.69, 9.17) is 5.11 Å². The first-order chi connectivity index (χ1) is 9.72. The standard InChI is InChI=1S/C16H22N2O2/c1-3-13(4-2)12-18-16(20)15-14(8-5-6-11-19)9-7-10-17-15/h7,9-10,13,19H,3-4,6,11-12H2,1-2H3,(H,18,20). The molecule has 2 N–H and O–H groups in total. The maximum absolute atomic E-state index is 12.1. The van der Waals surface area contributed by atoms with Gasteiger partial charge in [0.25, 0.3) is 5.91 Å². The van der Waals surface area contributed by atoms with E-state index in [0.717, 1.165) is 12.8 Å². The number of rotatable bonds is 6. The Balaban J connectivity index is 2.75. The van der Waals surface area contributed by atoms with Crippen LogP contribution < -0.4 is 5.32 Å². The zero-order valence-corrected chi connectivity index (χ0v) is 12.1. The zero-order valence-electron chi connectivity index (χ0n) is 12.1. The normalized spacial score (nSPS) is 10.0. The molecule has 1 aromatic heterocycles. The van der Waals surface area contributed by atoms with Crippen LogP contribution in [0.3, 0.4) is 0 Å². The second-order valence-electron chi connectivity index (χ2n) is 4.57. The van der Waals surface area contributed by atoms with E-state index < -0.39 is 0 Å². The molecule has 20 heavy (non-hydrogen) atoms. The van der Waals surface area contributed by atoms with Gasteiger partial charge >= 0.3 is 0 Å². The summed E-state index contributed by atoms with van der Waals surface area (Å²) in [5.74, 6) is 5.99. The number of amides is 1. The van der Waals surface area contributed by atoms with E-state index >= 15 is 0 Å². The Bertz CT molecular complexity index is 485. The zero-order chi connectivity index (χ0) is 14.8. The molecule has 1 amide bonds. The molecule has 4 nitrogen and oxygen atoms in total. The van der Waals surface area contributed by atoms with E-state index in [1.165, 1.54) is 0 Å². The van der Waals surface area contributed by atoms with Crippen molar-refractivity contribution in [3.8, 4) is 11.8 Å². The van der Waals surface area contributed by atoms with E-state index in [0.29, 0.717) is 30.1 Å². The minimum absolute atomic E-state index is 0.0173. The van der Waals surface area contributed by atoms with Crippen molar-refractivity contribution >= 4 is 5.91 Å². The average molecular weight is 274 g/mol. The Labute approximate surface area is 120 Å². The van der Waals surface area contributed by atoms with E-state index in [1.54, 1.807) is 18.3 Å². The third kappa shape index (κ3) is 5.02. The summed E-state index contributed by atoms with van der Waals surface area (Å²) >= 11 is 0. The van der Waals surface area contributed by atoms with Gasteiger partial charge < -0.3 is 10.4 Å². The Hall–Kier alpha value is -1.86. The molecule has 0 bridgehead atoms. The van der Waals surface area contributed by atoms with Crippen molar-refractivity contribution < 1.29 is 9.90 Å². The number of aliphatic hydroxyl groups excluding tert-OH is 1. The molecule has 0 unspecified atom stereocenters. The highest BCUT2D eigenvalue weighted by atomic mass is 16.2. The Kier molecular flexibility index (Phi) is 7.38. The van der Waals surface area contributed by atoms with Gasteiger partial charge in [-0.2, -0.15) is 0 Å². The van der Waals surface area contributed by atoms with Crippen molar-refractivity contribution in [2.24, 2.45) is 5.92 Å². The first-order valence-corrected chi connectivity index (χ1v) is 7.05. The van der Waals surface area contributed by atoms with Gasteiger partial charge in [0, 0.05) is 19.2 Å². The van der Waals surface area contributed by atoms with Gasteiger partial charge in [-0.1, -0.05) is 38.5 Å². The van der Waals surface area contributed by atoms with Crippen molar-refractivity contribution in [3.63, 3.8) is 0 Å². The molecular weight excluding hydrogens is 252 g/mol. The number of aromatic nitrogens is 1. The Morgan fingerprint density at radius 2 is 2.20 bits per heavy atom. The maximum atomic E-state index is 12.1. The second-order valence-corrected chi connectivity index (χ2v) is 4.57. The molecule has 1 heterocycles. The highest BCUT2D eigenvalue weighted by molar-refractivity contribution is 5.94. The van der Waals surface area contributed by atoms with Crippen molar-refractivity contribution in [1.29, 1.82) is 0 Å².